The summed E-state index contributed by atoms with van der Waals surface area (Å²) in [6, 6.07) is 10.7. The van der Waals surface area contributed by atoms with Gasteiger partial charge >= 0.3 is 0 Å². The number of sulfonamides is 1. The molecule has 0 saturated carbocycles. The Morgan fingerprint density at radius 3 is 2.61 bits per heavy atom. The molecule has 28 heavy (non-hydrogen) atoms. The lowest BCUT2D eigenvalue weighted by Crippen LogP contribution is -2.24. The molecule has 0 atom stereocenters. The summed E-state index contributed by atoms with van der Waals surface area (Å²) < 4.78 is 33.2. The third-order valence-corrected chi connectivity index (χ3v) is 5.82. The fourth-order valence-corrected chi connectivity index (χ4v) is 4.11. The first-order valence-corrected chi connectivity index (χ1v) is 10.2. The molecular formula is C19H21N3O5S. The molecule has 9 heteroatoms. The van der Waals surface area contributed by atoms with Crippen LogP contribution in [-0.4, -0.2) is 40.9 Å². The van der Waals surface area contributed by atoms with Crippen molar-refractivity contribution in [2.45, 2.75) is 17.7 Å². The molecule has 3 rings (SSSR count). The lowest BCUT2D eigenvalue weighted by atomic mass is 10.2. The van der Waals surface area contributed by atoms with Crippen molar-refractivity contribution in [3.05, 3.63) is 48.0 Å². The summed E-state index contributed by atoms with van der Waals surface area (Å²) >= 11 is 0. The van der Waals surface area contributed by atoms with Crippen molar-refractivity contribution in [3.8, 4) is 5.75 Å². The van der Waals surface area contributed by atoms with Crippen LogP contribution in [0.4, 0.5) is 11.4 Å². The number of methoxy groups -OCH3 is 1. The standard InChI is InChI=1S/C19H21N3O5S/c1-20-19(24)16-12-15(8-9-17(16)27-2)28(25,26)21-13-5-3-6-14(11-13)22-10-4-7-18(22)23/h3,5-6,8-9,11-12,21H,4,7,10H2,1-2H3,(H,20,24). The van der Waals surface area contributed by atoms with Gasteiger partial charge in [0.15, 0.2) is 0 Å². The van der Waals surface area contributed by atoms with Crippen molar-refractivity contribution < 1.29 is 22.7 Å². The molecule has 2 aromatic rings. The maximum atomic E-state index is 12.8. The fraction of sp³-hybridized carbons (Fsp3) is 0.263. The van der Waals surface area contributed by atoms with Gasteiger partial charge in [0.25, 0.3) is 15.9 Å². The van der Waals surface area contributed by atoms with Gasteiger partial charge in [0, 0.05) is 25.7 Å². The highest BCUT2D eigenvalue weighted by Crippen LogP contribution is 2.27. The van der Waals surface area contributed by atoms with Gasteiger partial charge in [0.2, 0.25) is 5.91 Å². The second kappa shape index (κ2) is 7.89. The summed E-state index contributed by atoms with van der Waals surface area (Å²) in [5.41, 5.74) is 1.09. The van der Waals surface area contributed by atoms with Crippen LogP contribution < -0.4 is 19.7 Å². The number of nitrogens with one attached hydrogen (secondary N) is 2. The van der Waals surface area contributed by atoms with E-state index >= 15 is 0 Å². The zero-order valence-corrected chi connectivity index (χ0v) is 16.4. The topological polar surface area (TPSA) is 105 Å². The van der Waals surface area contributed by atoms with Gasteiger partial charge in [0.1, 0.15) is 5.75 Å². The van der Waals surface area contributed by atoms with Crippen LogP contribution in [0.15, 0.2) is 47.4 Å². The van der Waals surface area contributed by atoms with Crippen LogP contribution in [0.2, 0.25) is 0 Å². The van der Waals surface area contributed by atoms with Crippen LogP contribution in [0.25, 0.3) is 0 Å². The van der Waals surface area contributed by atoms with Gasteiger partial charge in [-0.25, -0.2) is 8.42 Å². The summed E-state index contributed by atoms with van der Waals surface area (Å²) in [5.74, 6) is -0.165. The predicted molar refractivity (Wildman–Crippen MR) is 105 cm³/mol. The molecule has 1 fully saturated rings. The van der Waals surface area contributed by atoms with Gasteiger partial charge < -0.3 is 15.0 Å². The average molecular weight is 403 g/mol. The first kappa shape index (κ1) is 19.7. The normalized spacial score (nSPS) is 14.1. The molecule has 0 bridgehead atoms. The summed E-state index contributed by atoms with van der Waals surface area (Å²) in [6.07, 6.45) is 1.27. The minimum Gasteiger partial charge on any atom is -0.496 e. The van der Waals surface area contributed by atoms with Gasteiger partial charge in [-0.15, -0.1) is 0 Å². The van der Waals surface area contributed by atoms with E-state index in [-0.39, 0.29) is 22.1 Å². The molecule has 1 aliphatic heterocycles. The van der Waals surface area contributed by atoms with Crippen LogP contribution >= 0.6 is 0 Å². The van der Waals surface area contributed by atoms with Crippen molar-refractivity contribution in [1.82, 2.24) is 5.32 Å². The second-order valence-electron chi connectivity index (χ2n) is 6.25. The monoisotopic (exact) mass is 403 g/mol. The van der Waals surface area contributed by atoms with Gasteiger partial charge in [-0.3, -0.25) is 14.3 Å². The number of hydrogen-bond acceptors (Lipinski definition) is 5. The maximum absolute atomic E-state index is 12.8. The van der Waals surface area contributed by atoms with Gasteiger partial charge in [-0.2, -0.15) is 0 Å². The van der Waals surface area contributed by atoms with E-state index in [9.17, 15) is 18.0 Å². The van der Waals surface area contributed by atoms with E-state index in [0.717, 1.165) is 6.42 Å². The average Bonchev–Trinajstić information content (AvgIpc) is 3.12. The van der Waals surface area contributed by atoms with Crippen LogP contribution in [0.3, 0.4) is 0 Å². The highest BCUT2D eigenvalue weighted by Gasteiger charge is 2.23. The van der Waals surface area contributed by atoms with E-state index in [1.807, 2.05) is 0 Å². The maximum Gasteiger partial charge on any atom is 0.261 e. The zero-order valence-electron chi connectivity index (χ0n) is 15.6. The third-order valence-electron chi connectivity index (χ3n) is 4.44. The Kier molecular flexibility index (Phi) is 5.55. The number of rotatable bonds is 6. The van der Waals surface area contributed by atoms with E-state index in [4.69, 9.17) is 4.74 Å². The van der Waals surface area contributed by atoms with Crippen molar-refractivity contribution in [2.75, 3.05) is 30.3 Å². The van der Waals surface area contributed by atoms with Gasteiger partial charge in [-0.1, -0.05) is 6.07 Å². The zero-order chi connectivity index (χ0) is 20.3. The molecule has 1 heterocycles. The second-order valence-corrected chi connectivity index (χ2v) is 7.93. The molecule has 0 aliphatic carbocycles. The SMILES string of the molecule is CNC(=O)c1cc(S(=O)(=O)Nc2cccc(N3CCCC3=O)c2)ccc1OC. The number of anilines is 2. The highest BCUT2D eigenvalue weighted by molar-refractivity contribution is 7.92. The smallest absolute Gasteiger partial charge is 0.261 e. The Morgan fingerprint density at radius 2 is 1.96 bits per heavy atom. The molecule has 0 radical (unpaired) electrons. The number of amides is 2. The van der Waals surface area contributed by atoms with Crippen molar-refractivity contribution in [2.24, 2.45) is 0 Å². The summed E-state index contributed by atoms with van der Waals surface area (Å²) in [5, 5.41) is 2.46. The van der Waals surface area contributed by atoms with Crippen LogP contribution in [0.5, 0.6) is 5.75 Å². The highest BCUT2D eigenvalue weighted by atomic mass is 32.2. The van der Waals surface area contributed by atoms with Crippen LogP contribution in [-0.2, 0) is 14.8 Å². The number of benzene rings is 2. The Morgan fingerprint density at radius 1 is 1.18 bits per heavy atom. The number of carbonyl (C=O) groups is 2. The van der Waals surface area contributed by atoms with E-state index < -0.39 is 15.9 Å². The molecule has 2 N–H and O–H groups in total. The molecule has 0 spiro atoms. The molecule has 0 unspecified atom stereocenters. The first-order chi connectivity index (χ1) is 13.4. The molecule has 2 aromatic carbocycles. The summed E-state index contributed by atoms with van der Waals surface area (Å²) in [7, 11) is -1.09. The van der Waals surface area contributed by atoms with E-state index in [1.165, 1.54) is 32.4 Å². The molecule has 0 aromatic heterocycles. The largest absolute Gasteiger partial charge is 0.496 e. The van der Waals surface area contributed by atoms with Crippen molar-refractivity contribution >= 4 is 33.2 Å². The molecular weight excluding hydrogens is 382 g/mol. The number of ether oxygens (including phenoxy) is 1. The number of nitrogens with zero attached hydrogens (tertiary/aromatic N) is 1. The third kappa shape index (κ3) is 3.94. The molecule has 1 saturated heterocycles. The van der Waals surface area contributed by atoms with E-state index in [2.05, 4.69) is 10.0 Å². The summed E-state index contributed by atoms with van der Waals surface area (Å²) in [6.45, 7) is 0.614. The van der Waals surface area contributed by atoms with Crippen LogP contribution in [0.1, 0.15) is 23.2 Å². The Hall–Kier alpha value is -3.07. The quantitative estimate of drug-likeness (QED) is 0.767. The Bertz CT molecular complexity index is 1020. The number of hydrogen-bond donors (Lipinski definition) is 2. The Labute approximate surface area is 163 Å². The first-order valence-electron chi connectivity index (χ1n) is 8.69. The number of carbonyl (C=O) groups excluding carboxylic acids is 2. The minimum absolute atomic E-state index is 0.0189. The van der Waals surface area contributed by atoms with Crippen LogP contribution in [0, 0.1) is 0 Å². The van der Waals surface area contributed by atoms with Crippen molar-refractivity contribution in [1.29, 1.82) is 0 Å². The molecule has 8 nitrogen and oxygen atoms in total. The summed E-state index contributed by atoms with van der Waals surface area (Å²) in [4.78, 5) is 25.5. The fourth-order valence-electron chi connectivity index (χ4n) is 3.04. The molecule has 1 aliphatic rings. The lowest BCUT2D eigenvalue weighted by molar-refractivity contribution is -0.117. The van der Waals surface area contributed by atoms with E-state index in [0.29, 0.717) is 24.3 Å². The predicted octanol–water partition coefficient (Wildman–Crippen LogP) is 1.98. The minimum atomic E-state index is -3.95. The van der Waals surface area contributed by atoms with Gasteiger partial charge in [-0.05, 0) is 42.8 Å². The van der Waals surface area contributed by atoms with Crippen molar-refractivity contribution in [3.63, 3.8) is 0 Å². The van der Waals surface area contributed by atoms with Gasteiger partial charge in [0.05, 0.1) is 23.3 Å². The lowest BCUT2D eigenvalue weighted by Gasteiger charge is -2.17. The molecule has 148 valence electrons. The molecule has 2 amide bonds. The Balaban J connectivity index is 1.90. The van der Waals surface area contributed by atoms with E-state index in [1.54, 1.807) is 29.2 Å².